The number of hydrogen-bond donors (Lipinski definition) is 2. The van der Waals surface area contributed by atoms with Crippen LogP contribution in [-0.4, -0.2) is 30.5 Å². The van der Waals surface area contributed by atoms with E-state index in [0.717, 1.165) is 23.8 Å². The standard InChI is InChI=1S/C19H26F2N2OS/c1-11-14(15-8-16(15)22-10-12-2-3-12)9-17(25-11)18(24)23-13-4-6-19(20,21)7-5-13/h9,12-13,15-16,22H,2-8,10H2,1H3,(H,23,24). The minimum atomic E-state index is -2.55. The van der Waals surface area contributed by atoms with Crippen molar-refractivity contribution in [3.05, 3.63) is 21.4 Å². The van der Waals surface area contributed by atoms with Gasteiger partial charge in [0.2, 0.25) is 5.92 Å². The van der Waals surface area contributed by atoms with Crippen LogP contribution in [0.1, 0.15) is 71.0 Å². The maximum atomic E-state index is 13.2. The van der Waals surface area contributed by atoms with Crippen LogP contribution in [0.25, 0.3) is 0 Å². The molecule has 4 rings (SSSR count). The average Bonchev–Trinajstić information content (AvgIpc) is 3.47. The maximum Gasteiger partial charge on any atom is 0.261 e. The Hall–Kier alpha value is -1.01. The topological polar surface area (TPSA) is 41.1 Å². The van der Waals surface area contributed by atoms with Gasteiger partial charge in [-0.15, -0.1) is 11.3 Å². The molecule has 0 aliphatic heterocycles. The summed E-state index contributed by atoms with van der Waals surface area (Å²) in [6, 6.07) is 2.47. The zero-order chi connectivity index (χ0) is 17.6. The molecule has 138 valence electrons. The van der Waals surface area contributed by atoms with Crippen LogP contribution in [0.15, 0.2) is 6.07 Å². The van der Waals surface area contributed by atoms with Crippen molar-refractivity contribution in [2.24, 2.45) is 5.92 Å². The lowest BCUT2D eigenvalue weighted by molar-refractivity contribution is -0.0399. The monoisotopic (exact) mass is 368 g/mol. The molecule has 0 aromatic carbocycles. The molecule has 0 bridgehead atoms. The Kier molecular flexibility index (Phi) is 4.61. The Balaban J connectivity index is 1.31. The van der Waals surface area contributed by atoms with E-state index in [2.05, 4.69) is 17.6 Å². The van der Waals surface area contributed by atoms with Crippen molar-refractivity contribution in [1.82, 2.24) is 10.6 Å². The van der Waals surface area contributed by atoms with E-state index in [4.69, 9.17) is 0 Å². The van der Waals surface area contributed by atoms with Crippen LogP contribution in [0.4, 0.5) is 8.78 Å². The summed E-state index contributed by atoms with van der Waals surface area (Å²) < 4.78 is 26.5. The molecule has 1 heterocycles. The first-order valence-corrected chi connectivity index (χ1v) is 10.3. The summed E-state index contributed by atoms with van der Waals surface area (Å²) >= 11 is 1.53. The molecule has 2 unspecified atom stereocenters. The third-order valence-electron chi connectivity index (χ3n) is 5.79. The van der Waals surface area contributed by atoms with Gasteiger partial charge in [-0.05, 0) is 63.1 Å². The predicted octanol–water partition coefficient (Wildman–Crippen LogP) is 4.22. The van der Waals surface area contributed by atoms with Crippen LogP contribution in [0.3, 0.4) is 0 Å². The van der Waals surface area contributed by atoms with E-state index < -0.39 is 5.92 Å². The van der Waals surface area contributed by atoms with E-state index in [1.54, 1.807) is 0 Å². The first-order valence-electron chi connectivity index (χ1n) is 9.44. The van der Waals surface area contributed by atoms with Gasteiger partial charge < -0.3 is 10.6 Å². The van der Waals surface area contributed by atoms with Crippen LogP contribution in [-0.2, 0) is 0 Å². The molecule has 1 amide bonds. The second-order valence-electron chi connectivity index (χ2n) is 8.03. The number of thiophene rings is 1. The second kappa shape index (κ2) is 6.62. The summed E-state index contributed by atoms with van der Waals surface area (Å²) in [7, 11) is 0. The summed E-state index contributed by atoms with van der Waals surface area (Å²) in [4.78, 5) is 14.4. The van der Waals surface area contributed by atoms with Gasteiger partial charge in [0.25, 0.3) is 5.91 Å². The smallest absolute Gasteiger partial charge is 0.261 e. The van der Waals surface area contributed by atoms with Crippen LogP contribution in [0, 0.1) is 12.8 Å². The lowest BCUT2D eigenvalue weighted by Crippen LogP contribution is -2.40. The minimum Gasteiger partial charge on any atom is -0.349 e. The molecule has 1 aromatic rings. The molecule has 1 aromatic heterocycles. The molecule has 0 saturated heterocycles. The molecule has 0 spiro atoms. The molecule has 2 atom stereocenters. The zero-order valence-corrected chi connectivity index (χ0v) is 15.4. The highest BCUT2D eigenvalue weighted by Crippen LogP contribution is 2.45. The van der Waals surface area contributed by atoms with Gasteiger partial charge in [-0.25, -0.2) is 8.78 Å². The van der Waals surface area contributed by atoms with Gasteiger partial charge in [0.15, 0.2) is 0 Å². The maximum absolute atomic E-state index is 13.2. The Bertz CT molecular complexity index is 646. The third-order valence-corrected chi connectivity index (χ3v) is 6.85. The largest absolute Gasteiger partial charge is 0.349 e. The summed E-state index contributed by atoms with van der Waals surface area (Å²) in [5, 5.41) is 6.59. The van der Waals surface area contributed by atoms with Crippen molar-refractivity contribution >= 4 is 17.2 Å². The van der Waals surface area contributed by atoms with Gasteiger partial charge >= 0.3 is 0 Å². The quantitative estimate of drug-likeness (QED) is 0.789. The number of carbonyl (C=O) groups excluding carboxylic acids is 1. The van der Waals surface area contributed by atoms with E-state index in [1.165, 1.54) is 34.6 Å². The number of amides is 1. The zero-order valence-electron chi connectivity index (χ0n) is 14.6. The number of halogens is 2. The van der Waals surface area contributed by atoms with Gasteiger partial charge in [0.1, 0.15) is 0 Å². The molecule has 3 saturated carbocycles. The van der Waals surface area contributed by atoms with Crippen LogP contribution >= 0.6 is 11.3 Å². The molecule has 3 aliphatic carbocycles. The number of hydrogen-bond acceptors (Lipinski definition) is 3. The van der Waals surface area contributed by atoms with Gasteiger partial charge in [0, 0.05) is 35.7 Å². The van der Waals surface area contributed by atoms with E-state index in [1.807, 2.05) is 6.07 Å². The van der Waals surface area contributed by atoms with Gasteiger partial charge in [0.05, 0.1) is 4.88 Å². The molecule has 3 fully saturated rings. The summed E-state index contributed by atoms with van der Waals surface area (Å²) in [6.07, 6.45) is 4.37. The van der Waals surface area contributed by atoms with E-state index in [9.17, 15) is 13.6 Å². The third kappa shape index (κ3) is 4.22. The SMILES string of the molecule is Cc1sc(C(=O)NC2CCC(F)(F)CC2)cc1C1CC1NCC1CC1. The predicted molar refractivity (Wildman–Crippen MR) is 95.6 cm³/mol. The summed E-state index contributed by atoms with van der Waals surface area (Å²) in [6.45, 7) is 3.21. The fraction of sp³-hybridized carbons (Fsp3) is 0.737. The fourth-order valence-corrected chi connectivity index (χ4v) is 4.82. The lowest BCUT2D eigenvalue weighted by atomic mass is 9.92. The van der Waals surface area contributed by atoms with Crippen molar-refractivity contribution in [2.75, 3.05) is 6.54 Å². The van der Waals surface area contributed by atoms with E-state index in [-0.39, 0.29) is 24.8 Å². The van der Waals surface area contributed by atoms with Crippen LogP contribution in [0.2, 0.25) is 0 Å². The highest BCUT2D eigenvalue weighted by molar-refractivity contribution is 7.14. The minimum absolute atomic E-state index is 0.0993. The van der Waals surface area contributed by atoms with Gasteiger partial charge in [-0.2, -0.15) is 0 Å². The molecule has 6 heteroatoms. The number of rotatable bonds is 6. The molecule has 3 aliphatic rings. The molecular weight excluding hydrogens is 342 g/mol. The van der Waals surface area contributed by atoms with Gasteiger partial charge in [-0.3, -0.25) is 4.79 Å². The highest BCUT2D eigenvalue weighted by Gasteiger charge is 2.41. The van der Waals surface area contributed by atoms with Crippen molar-refractivity contribution in [3.8, 4) is 0 Å². The number of carbonyl (C=O) groups is 1. The number of aryl methyl sites for hydroxylation is 1. The van der Waals surface area contributed by atoms with Crippen LogP contribution in [0.5, 0.6) is 0 Å². The summed E-state index contributed by atoms with van der Waals surface area (Å²) in [5.74, 6) is -1.24. The summed E-state index contributed by atoms with van der Waals surface area (Å²) in [5.41, 5.74) is 1.29. The number of alkyl halides is 2. The van der Waals surface area contributed by atoms with E-state index in [0.29, 0.717) is 24.8 Å². The molecule has 25 heavy (non-hydrogen) atoms. The van der Waals surface area contributed by atoms with Crippen molar-refractivity contribution in [1.29, 1.82) is 0 Å². The van der Waals surface area contributed by atoms with Gasteiger partial charge in [-0.1, -0.05) is 0 Å². The normalized spacial score (nSPS) is 28.8. The van der Waals surface area contributed by atoms with Crippen molar-refractivity contribution in [3.63, 3.8) is 0 Å². The second-order valence-corrected chi connectivity index (χ2v) is 9.28. The Labute approximate surface area is 151 Å². The first-order chi connectivity index (χ1) is 11.9. The van der Waals surface area contributed by atoms with E-state index >= 15 is 0 Å². The Morgan fingerprint density at radius 1 is 1.28 bits per heavy atom. The Morgan fingerprint density at radius 2 is 2.00 bits per heavy atom. The first kappa shape index (κ1) is 17.4. The molecule has 3 nitrogen and oxygen atoms in total. The average molecular weight is 368 g/mol. The molecular formula is C19H26F2N2OS. The highest BCUT2D eigenvalue weighted by atomic mass is 32.1. The fourth-order valence-electron chi connectivity index (χ4n) is 3.82. The van der Waals surface area contributed by atoms with Crippen molar-refractivity contribution in [2.45, 2.75) is 75.8 Å². The molecule has 2 N–H and O–H groups in total. The lowest BCUT2D eigenvalue weighted by Gasteiger charge is -2.28. The Morgan fingerprint density at radius 3 is 2.68 bits per heavy atom. The molecule has 0 radical (unpaired) electrons. The van der Waals surface area contributed by atoms with Crippen molar-refractivity contribution < 1.29 is 13.6 Å². The number of nitrogens with one attached hydrogen (secondary N) is 2. The van der Waals surface area contributed by atoms with Crippen LogP contribution < -0.4 is 10.6 Å².